The van der Waals surface area contributed by atoms with Gasteiger partial charge in [-0.25, -0.2) is 4.99 Å². The number of nitro groups is 1. The summed E-state index contributed by atoms with van der Waals surface area (Å²) in [5.74, 6) is -0.341. The minimum atomic E-state index is -4.09. The zero-order chi connectivity index (χ0) is 26.7. The van der Waals surface area contributed by atoms with Crippen molar-refractivity contribution < 1.29 is 27.1 Å². The van der Waals surface area contributed by atoms with E-state index in [1.54, 1.807) is 24.3 Å². The molecule has 37 heavy (non-hydrogen) atoms. The van der Waals surface area contributed by atoms with Gasteiger partial charge in [-0.15, -0.1) is 0 Å². The molecule has 1 aliphatic heterocycles. The number of hydrogen-bond acceptors (Lipinski definition) is 9. The number of aryl methyl sites for hydroxylation is 1. The molecule has 13 heteroatoms. The lowest BCUT2D eigenvalue weighted by Crippen LogP contribution is -2.19. The van der Waals surface area contributed by atoms with Crippen LogP contribution in [0.2, 0.25) is 5.02 Å². The third-order valence-corrected chi connectivity index (χ3v) is 7.40. The molecule has 0 bridgehead atoms. The molecular formula is C24H18ClN3O7S2. The molecule has 0 radical (unpaired) electrons. The Morgan fingerprint density at radius 1 is 1.08 bits per heavy atom. The summed E-state index contributed by atoms with van der Waals surface area (Å²) < 4.78 is 35.9. The molecule has 3 aromatic carbocycles. The summed E-state index contributed by atoms with van der Waals surface area (Å²) in [6.45, 7) is 1.84. The fraction of sp³-hybridized carbons (Fsp3) is 0.0833. The number of amides is 1. The Morgan fingerprint density at radius 3 is 2.49 bits per heavy atom. The number of nitrogens with zero attached hydrogens (tertiary/aromatic N) is 2. The van der Waals surface area contributed by atoms with Gasteiger partial charge in [0.05, 0.1) is 16.9 Å². The van der Waals surface area contributed by atoms with Crippen LogP contribution < -0.4 is 14.2 Å². The minimum Gasteiger partial charge on any atom is -0.493 e. The van der Waals surface area contributed by atoms with Crippen LogP contribution >= 0.6 is 23.4 Å². The van der Waals surface area contributed by atoms with Gasteiger partial charge in [-0.05, 0) is 66.7 Å². The highest BCUT2D eigenvalue weighted by atomic mass is 35.5. The maximum Gasteiger partial charge on any atom is 0.339 e. The number of amidine groups is 1. The summed E-state index contributed by atoms with van der Waals surface area (Å²) in [5, 5.41) is 14.2. The SMILES string of the molecule is COc1cc(/C=C2/SC(=Nc3ccc(Cl)cc3[N+](=O)[O-])NC2=O)ccc1OS(=O)(=O)c1ccc(C)cc1. The summed E-state index contributed by atoms with van der Waals surface area (Å²) in [4.78, 5) is 27.6. The zero-order valence-electron chi connectivity index (χ0n) is 19.3. The third kappa shape index (κ3) is 6.10. The van der Waals surface area contributed by atoms with Crippen molar-refractivity contribution >= 4 is 62.0 Å². The molecule has 0 spiro atoms. The van der Waals surface area contributed by atoms with E-state index in [9.17, 15) is 23.3 Å². The number of aliphatic imine (C=N–C) groups is 1. The van der Waals surface area contributed by atoms with Gasteiger partial charge in [0.1, 0.15) is 10.6 Å². The Morgan fingerprint density at radius 2 is 1.81 bits per heavy atom. The fourth-order valence-corrected chi connectivity index (χ4v) is 5.13. The van der Waals surface area contributed by atoms with E-state index in [-0.39, 0.29) is 42.9 Å². The summed E-state index contributed by atoms with van der Waals surface area (Å²) in [6.07, 6.45) is 1.54. The molecule has 190 valence electrons. The van der Waals surface area contributed by atoms with Crippen molar-refractivity contribution in [1.29, 1.82) is 0 Å². The van der Waals surface area contributed by atoms with Crippen molar-refractivity contribution in [3.63, 3.8) is 0 Å². The Balaban J connectivity index is 1.57. The summed E-state index contributed by atoms with van der Waals surface area (Å²) in [7, 11) is -2.73. The molecule has 1 amide bonds. The standard InChI is InChI=1S/C24H18ClN3O7S2/c1-14-3-7-17(8-4-14)37(32,33)35-20-10-5-15(11-21(20)34-2)12-22-23(29)27-24(36-22)26-18-9-6-16(25)13-19(18)28(30)31/h3-13H,1-2H3,(H,26,27,29)/b22-12+. The highest BCUT2D eigenvalue weighted by Gasteiger charge is 2.26. The van der Waals surface area contributed by atoms with Gasteiger partial charge in [-0.3, -0.25) is 14.9 Å². The number of halogens is 1. The Hall–Kier alpha value is -3.87. The second kappa shape index (κ2) is 10.6. The van der Waals surface area contributed by atoms with Crippen LogP contribution in [0.1, 0.15) is 11.1 Å². The van der Waals surface area contributed by atoms with E-state index in [1.165, 1.54) is 49.6 Å². The van der Waals surface area contributed by atoms with Crippen molar-refractivity contribution in [2.24, 2.45) is 4.99 Å². The molecule has 10 nitrogen and oxygen atoms in total. The lowest BCUT2D eigenvalue weighted by atomic mass is 10.2. The summed E-state index contributed by atoms with van der Waals surface area (Å²) >= 11 is 6.82. The molecule has 3 aromatic rings. The van der Waals surface area contributed by atoms with Crippen LogP contribution in [0.15, 0.2) is 75.5 Å². The predicted molar refractivity (Wildman–Crippen MR) is 141 cm³/mol. The Bertz CT molecular complexity index is 1570. The molecule has 0 unspecified atom stereocenters. The number of ether oxygens (including phenoxy) is 1. The van der Waals surface area contributed by atoms with E-state index >= 15 is 0 Å². The second-order valence-electron chi connectivity index (χ2n) is 7.63. The first-order valence-electron chi connectivity index (χ1n) is 10.5. The van der Waals surface area contributed by atoms with Gasteiger partial charge in [-0.1, -0.05) is 35.4 Å². The topological polar surface area (TPSA) is 137 Å². The third-order valence-electron chi connectivity index (χ3n) is 5.00. The molecule has 1 fully saturated rings. The van der Waals surface area contributed by atoms with E-state index < -0.39 is 20.9 Å². The van der Waals surface area contributed by atoms with E-state index in [0.29, 0.717) is 5.56 Å². The molecule has 0 aromatic heterocycles. The number of rotatable bonds is 7. The normalized spacial score (nSPS) is 15.6. The number of thioether (sulfide) groups is 1. The zero-order valence-corrected chi connectivity index (χ0v) is 21.7. The van der Waals surface area contributed by atoms with E-state index in [0.717, 1.165) is 17.3 Å². The maximum atomic E-state index is 12.6. The van der Waals surface area contributed by atoms with Crippen LogP contribution in [0.4, 0.5) is 11.4 Å². The largest absolute Gasteiger partial charge is 0.493 e. The molecule has 0 saturated carbocycles. The fourth-order valence-electron chi connectivity index (χ4n) is 3.19. The van der Waals surface area contributed by atoms with Gasteiger partial charge in [0, 0.05) is 11.1 Å². The predicted octanol–water partition coefficient (Wildman–Crippen LogP) is 5.22. The number of nitrogens with one attached hydrogen (secondary N) is 1. The average Bonchev–Trinajstić information content (AvgIpc) is 3.19. The highest BCUT2D eigenvalue weighted by Crippen LogP contribution is 2.35. The monoisotopic (exact) mass is 559 g/mol. The average molecular weight is 560 g/mol. The van der Waals surface area contributed by atoms with Crippen LogP contribution in [0.25, 0.3) is 6.08 Å². The van der Waals surface area contributed by atoms with Crippen LogP contribution in [0.3, 0.4) is 0 Å². The number of benzene rings is 3. The molecule has 1 aliphatic rings. The van der Waals surface area contributed by atoms with Gasteiger partial charge < -0.3 is 14.2 Å². The molecule has 0 aliphatic carbocycles. The van der Waals surface area contributed by atoms with Crippen molar-refractivity contribution in [1.82, 2.24) is 5.32 Å². The first-order valence-corrected chi connectivity index (χ1v) is 13.1. The Kier molecular flexibility index (Phi) is 7.52. The van der Waals surface area contributed by atoms with Crippen LogP contribution in [0.5, 0.6) is 11.5 Å². The number of methoxy groups -OCH3 is 1. The van der Waals surface area contributed by atoms with Gasteiger partial charge >= 0.3 is 10.1 Å². The molecule has 1 N–H and O–H groups in total. The number of nitro benzene ring substituents is 1. The number of carbonyl (C=O) groups is 1. The second-order valence-corrected chi connectivity index (χ2v) is 10.6. The van der Waals surface area contributed by atoms with Gasteiger partial charge in [-0.2, -0.15) is 8.42 Å². The smallest absolute Gasteiger partial charge is 0.339 e. The van der Waals surface area contributed by atoms with E-state index in [2.05, 4.69) is 10.3 Å². The molecule has 1 heterocycles. The first-order chi connectivity index (χ1) is 17.6. The maximum absolute atomic E-state index is 12.6. The summed E-state index contributed by atoms with van der Waals surface area (Å²) in [6, 6.07) is 14.7. The van der Waals surface area contributed by atoms with Crippen molar-refractivity contribution in [2.45, 2.75) is 11.8 Å². The summed E-state index contributed by atoms with van der Waals surface area (Å²) in [5.41, 5.74) is 1.17. The molecule has 4 rings (SSSR count). The van der Waals surface area contributed by atoms with Crippen molar-refractivity contribution in [2.75, 3.05) is 7.11 Å². The Labute approximate surface area is 221 Å². The van der Waals surface area contributed by atoms with Crippen LogP contribution in [-0.4, -0.2) is 31.5 Å². The van der Waals surface area contributed by atoms with Crippen LogP contribution in [0, 0.1) is 17.0 Å². The minimum absolute atomic E-state index is 0.00175. The quantitative estimate of drug-likeness (QED) is 0.180. The van der Waals surface area contributed by atoms with Gasteiger partial charge in [0.25, 0.3) is 11.6 Å². The van der Waals surface area contributed by atoms with Crippen molar-refractivity contribution in [3.05, 3.63) is 91.8 Å². The van der Waals surface area contributed by atoms with E-state index in [4.69, 9.17) is 20.5 Å². The lowest BCUT2D eigenvalue weighted by Gasteiger charge is -2.11. The number of hydrogen-bond donors (Lipinski definition) is 1. The molecule has 0 atom stereocenters. The van der Waals surface area contributed by atoms with Crippen molar-refractivity contribution in [3.8, 4) is 11.5 Å². The lowest BCUT2D eigenvalue weighted by molar-refractivity contribution is -0.384. The molecule has 1 saturated heterocycles. The molecular weight excluding hydrogens is 542 g/mol. The van der Waals surface area contributed by atoms with Gasteiger partial charge in [0.2, 0.25) is 0 Å². The van der Waals surface area contributed by atoms with Gasteiger partial charge in [0.15, 0.2) is 16.7 Å². The first kappa shape index (κ1) is 26.2. The van der Waals surface area contributed by atoms with Crippen LogP contribution in [-0.2, 0) is 14.9 Å². The highest BCUT2D eigenvalue weighted by molar-refractivity contribution is 8.18. The van der Waals surface area contributed by atoms with E-state index in [1.807, 2.05) is 6.92 Å². The number of carbonyl (C=O) groups excluding carboxylic acids is 1.